The molecule has 6 atom stereocenters. The molecule has 1 aromatic carbocycles. The number of alkyl halides is 3. The van der Waals surface area contributed by atoms with Gasteiger partial charge in [0, 0.05) is 43.2 Å². The molecule has 39 heavy (non-hydrogen) atoms. The molecule has 2 aliphatic heterocycles. The molecule has 2 aromatic rings. The molecule has 0 saturated carbocycles. The quantitative estimate of drug-likeness (QED) is 0.519. The summed E-state index contributed by atoms with van der Waals surface area (Å²) in [5, 5.41) is 16.9. The maximum atomic E-state index is 14.1. The molecule has 208 valence electrons. The van der Waals surface area contributed by atoms with Crippen molar-refractivity contribution < 1.29 is 27.5 Å². The molecule has 8 nitrogen and oxygen atoms in total. The summed E-state index contributed by atoms with van der Waals surface area (Å²) in [5.41, 5.74) is 1.56. The first-order valence-corrected chi connectivity index (χ1v) is 13.0. The van der Waals surface area contributed by atoms with Gasteiger partial charge < -0.3 is 20.3 Å². The number of nitriles is 1. The summed E-state index contributed by atoms with van der Waals surface area (Å²) < 4.78 is 42.8. The van der Waals surface area contributed by atoms with Gasteiger partial charge in [-0.15, -0.1) is 0 Å². The number of ketones is 1. The van der Waals surface area contributed by atoms with Gasteiger partial charge in [0.2, 0.25) is 0 Å². The number of aromatic nitrogens is 1. The number of ether oxygens (including phenoxy) is 1. The maximum Gasteiger partial charge on any atom is 0.409 e. The third kappa shape index (κ3) is 6.87. The van der Waals surface area contributed by atoms with E-state index >= 15 is 0 Å². The molecular weight excluding hydrogens is 535 g/mol. The van der Waals surface area contributed by atoms with Crippen LogP contribution in [0.5, 0.6) is 0 Å². The smallest absolute Gasteiger partial charge is 0.409 e. The fraction of sp³-hybridized carbons (Fsp3) is 0.481. The standard InChI is InChI=1S/C27H29ClF3N5O3/c1-36(26(38)39-11-9-27(29,30)31)24-20(16-5-7-18(28)8-6-16)15-35-23(24)25(37)19-12-22(34-14-17(19)13-32)21-4-2-3-10-33-21/h2-8,10,17,19-20,22-24,34-35H,9,11-12,14-15H2,1H3/t17?,19?,20-,22?,23?,24-/m1/s1. The molecule has 0 aliphatic carbocycles. The van der Waals surface area contributed by atoms with Crippen molar-refractivity contribution in [2.75, 3.05) is 26.7 Å². The summed E-state index contributed by atoms with van der Waals surface area (Å²) in [6.07, 6.45) is -4.70. The zero-order valence-electron chi connectivity index (χ0n) is 21.2. The van der Waals surface area contributed by atoms with Gasteiger partial charge in [0.05, 0.1) is 42.2 Å². The second-order valence-corrected chi connectivity index (χ2v) is 10.3. The average molecular weight is 564 g/mol. The number of rotatable bonds is 7. The highest BCUT2D eigenvalue weighted by atomic mass is 35.5. The zero-order valence-corrected chi connectivity index (χ0v) is 22.0. The van der Waals surface area contributed by atoms with E-state index in [9.17, 15) is 28.0 Å². The number of piperidine rings is 1. The number of likely N-dealkylation sites (N-methyl/N-ethyl adjacent to an activating group) is 1. The first-order chi connectivity index (χ1) is 18.6. The van der Waals surface area contributed by atoms with Crippen molar-refractivity contribution in [1.29, 1.82) is 5.26 Å². The minimum absolute atomic E-state index is 0.235. The number of Topliss-reactive ketones (excluding diaryl/α,β-unsaturated/α-hetero) is 1. The monoisotopic (exact) mass is 563 g/mol. The Bertz CT molecular complexity index is 1190. The van der Waals surface area contributed by atoms with Gasteiger partial charge in [-0.2, -0.15) is 18.4 Å². The lowest BCUT2D eigenvalue weighted by molar-refractivity contribution is -0.141. The van der Waals surface area contributed by atoms with Crippen LogP contribution in [0.15, 0.2) is 48.7 Å². The third-order valence-corrected chi connectivity index (χ3v) is 7.65. The number of hydrogen-bond donors (Lipinski definition) is 2. The van der Waals surface area contributed by atoms with Crippen LogP contribution >= 0.6 is 11.6 Å². The van der Waals surface area contributed by atoms with Gasteiger partial charge in [0.25, 0.3) is 0 Å². The molecule has 2 saturated heterocycles. The molecule has 0 radical (unpaired) electrons. The SMILES string of the molecule is CN(C(=O)OCCC(F)(F)F)[C@H]1C(C(=O)C2CC(c3ccccn3)NCC2C#N)NC[C@@H]1c1ccc(Cl)cc1. The van der Waals surface area contributed by atoms with Crippen molar-refractivity contribution in [3.05, 3.63) is 64.9 Å². The molecule has 3 heterocycles. The summed E-state index contributed by atoms with van der Waals surface area (Å²) in [6.45, 7) is -0.205. The van der Waals surface area contributed by atoms with Gasteiger partial charge in [0.1, 0.15) is 6.61 Å². The Morgan fingerprint density at radius 1 is 1.18 bits per heavy atom. The average Bonchev–Trinajstić information content (AvgIpc) is 3.37. The predicted molar refractivity (Wildman–Crippen MR) is 137 cm³/mol. The van der Waals surface area contributed by atoms with E-state index in [0.29, 0.717) is 24.5 Å². The van der Waals surface area contributed by atoms with Gasteiger partial charge in [-0.25, -0.2) is 4.79 Å². The molecule has 0 bridgehead atoms. The number of nitrogens with one attached hydrogen (secondary N) is 2. The number of halogens is 4. The Hall–Kier alpha value is -3.20. The van der Waals surface area contributed by atoms with E-state index in [0.717, 1.165) is 11.3 Å². The Labute approximate surface area is 229 Å². The van der Waals surface area contributed by atoms with Crippen LogP contribution in [-0.2, 0) is 9.53 Å². The fourth-order valence-corrected chi connectivity index (χ4v) is 5.52. The highest BCUT2D eigenvalue weighted by Crippen LogP contribution is 2.37. The summed E-state index contributed by atoms with van der Waals surface area (Å²) in [5.74, 6) is -1.86. The van der Waals surface area contributed by atoms with Crippen molar-refractivity contribution in [3.63, 3.8) is 0 Å². The first kappa shape index (κ1) is 28.8. The van der Waals surface area contributed by atoms with Gasteiger partial charge in [-0.3, -0.25) is 9.78 Å². The van der Waals surface area contributed by atoms with Crippen molar-refractivity contribution in [2.45, 2.75) is 43.1 Å². The highest BCUT2D eigenvalue weighted by molar-refractivity contribution is 6.30. The van der Waals surface area contributed by atoms with Crippen LogP contribution in [0.25, 0.3) is 0 Å². The van der Waals surface area contributed by atoms with Crippen LogP contribution in [-0.4, -0.2) is 66.8 Å². The lowest BCUT2D eigenvalue weighted by atomic mass is 9.76. The summed E-state index contributed by atoms with van der Waals surface area (Å²) in [6, 6.07) is 12.8. The zero-order chi connectivity index (χ0) is 28.2. The Kier molecular flexibility index (Phi) is 9.10. The number of pyridine rings is 1. The number of hydrogen-bond acceptors (Lipinski definition) is 7. The molecule has 2 N–H and O–H groups in total. The Balaban J connectivity index is 1.59. The second kappa shape index (κ2) is 12.3. The van der Waals surface area contributed by atoms with Crippen molar-refractivity contribution in [2.24, 2.45) is 11.8 Å². The Morgan fingerprint density at radius 2 is 1.92 bits per heavy atom. The number of amides is 1. The van der Waals surface area contributed by atoms with E-state index in [1.54, 1.807) is 36.5 Å². The van der Waals surface area contributed by atoms with Crippen LogP contribution in [0.1, 0.15) is 36.1 Å². The largest absolute Gasteiger partial charge is 0.449 e. The number of benzene rings is 1. The van der Waals surface area contributed by atoms with E-state index in [2.05, 4.69) is 21.7 Å². The van der Waals surface area contributed by atoms with Crippen LogP contribution in [0.2, 0.25) is 5.02 Å². The van der Waals surface area contributed by atoms with Crippen molar-refractivity contribution in [1.82, 2.24) is 20.5 Å². The van der Waals surface area contributed by atoms with Gasteiger partial charge >= 0.3 is 12.3 Å². The molecule has 2 fully saturated rings. The van der Waals surface area contributed by atoms with E-state index in [4.69, 9.17) is 16.3 Å². The van der Waals surface area contributed by atoms with E-state index in [1.165, 1.54) is 11.9 Å². The minimum Gasteiger partial charge on any atom is -0.449 e. The van der Waals surface area contributed by atoms with Gasteiger partial charge in [-0.05, 0) is 36.2 Å². The van der Waals surface area contributed by atoms with E-state index in [-0.39, 0.29) is 17.7 Å². The molecule has 2 aliphatic rings. The molecule has 12 heteroatoms. The predicted octanol–water partition coefficient (Wildman–Crippen LogP) is 4.24. The highest BCUT2D eigenvalue weighted by Gasteiger charge is 2.49. The van der Waals surface area contributed by atoms with E-state index < -0.39 is 49.2 Å². The minimum atomic E-state index is -4.47. The lowest BCUT2D eigenvalue weighted by Crippen LogP contribution is -2.54. The summed E-state index contributed by atoms with van der Waals surface area (Å²) >= 11 is 6.05. The number of carbonyl (C=O) groups excluding carboxylic acids is 2. The maximum absolute atomic E-state index is 14.1. The summed E-state index contributed by atoms with van der Waals surface area (Å²) in [7, 11) is 1.41. The second-order valence-electron chi connectivity index (χ2n) is 9.82. The first-order valence-electron chi connectivity index (χ1n) is 12.6. The van der Waals surface area contributed by atoms with Crippen LogP contribution in [0.3, 0.4) is 0 Å². The van der Waals surface area contributed by atoms with Gasteiger partial charge in [0.15, 0.2) is 5.78 Å². The molecule has 0 spiro atoms. The van der Waals surface area contributed by atoms with Crippen LogP contribution in [0.4, 0.5) is 18.0 Å². The fourth-order valence-electron chi connectivity index (χ4n) is 5.39. The van der Waals surface area contributed by atoms with Crippen LogP contribution in [0, 0.1) is 23.2 Å². The van der Waals surface area contributed by atoms with Crippen molar-refractivity contribution in [3.8, 4) is 6.07 Å². The molecule has 4 unspecified atom stereocenters. The summed E-state index contributed by atoms with van der Waals surface area (Å²) in [4.78, 5) is 32.5. The Morgan fingerprint density at radius 3 is 2.56 bits per heavy atom. The normalized spacial score (nSPS) is 27.0. The lowest BCUT2D eigenvalue weighted by Gasteiger charge is -2.37. The van der Waals surface area contributed by atoms with Crippen LogP contribution < -0.4 is 10.6 Å². The molecule has 1 aromatic heterocycles. The number of nitrogens with zero attached hydrogens (tertiary/aromatic N) is 3. The number of carbonyl (C=O) groups is 2. The molecule has 1 amide bonds. The van der Waals surface area contributed by atoms with Crippen molar-refractivity contribution >= 4 is 23.5 Å². The van der Waals surface area contributed by atoms with E-state index in [1.807, 2.05) is 12.1 Å². The third-order valence-electron chi connectivity index (χ3n) is 7.40. The molecule has 4 rings (SSSR count). The molecular formula is C27H29ClF3N5O3. The topological polar surface area (TPSA) is 107 Å². The van der Waals surface area contributed by atoms with Gasteiger partial charge in [-0.1, -0.05) is 29.8 Å².